The number of anilines is 2. The first-order valence-corrected chi connectivity index (χ1v) is 7.24. The summed E-state index contributed by atoms with van der Waals surface area (Å²) in [6.45, 7) is 3.98. The number of nitrogens with one attached hydrogen (secondary N) is 2. The minimum absolute atomic E-state index is 0.219. The van der Waals surface area contributed by atoms with Crippen molar-refractivity contribution in [3.63, 3.8) is 0 Å². The molecule has 0 saturated carbocycles. The molecule has 1 amide bonds. The molecule has 0 aliphatic carbocycles. The van der Waals surface area contributed by atoms with E-state index in [-0.39, 0.29) is 5.91 Å². The van der Waals surface area contributed by atoms with Crippen molar-refractivity contribution < 1.29 is 4.79 Å². The number of hydrogen-bond donors (Lipinski definition) is 2. The molecule has 0 unspecified atom stereocenters. The third kappa shape index (κ3) is 3.35. The quantitative estimate of drug-likeness (QED) is 0.710. The molecule has 2 heterocycles. The second-order valence-electron chi connectivity index (χ2n) is 4.94. The smallest absolute Gasteiger partial charge is 0.270 e. The standard InChI is InChI=1S/C18H16N4O/c1-2-10-20-18(23)16-9-8-14(12-21-16)22-15-7-3-5-13-6-4-11-19-17(13)15/h2-9,11-12,22H,1,10H2,(H,20,23). The summed E-state index contributed by atoms with van der Waals surface area (Å²) in [6, 6.07) is 13.4. The summed E-state index contributed by atoms with van der Waals surface area (Å²) in [5.41, 5.74) is 2.95. The van der Waals surface area contributed by atoms with Crippen molar-refractivity contribution in [3.05, 3.63) is 73.2 Å². The van der Waals surface area contributed by atoms with E-state index in [9.17, 15) is 4.79 Å². The molecular weight excluding hydrogens is 288 g/mol. The first kappa shape index (κ1) is 14.7. The van der Waals surface area contributed by atoms with Gasteiger partial charge in [-0.25, -0.2) is 4.98 Å². The second kappa shape index (κ2) is 6.70. The Balaban J connectivity index is 1.80. The fourth-order valence-corrected chi connectivity index (χ4v) is 2.22. The van der Waals surface area contributed by atoms with Crippen LogP contribution < -0.4 is 10.6 Å². The van der Waals surface area contributed by atoms with Crippen molar-refractivity contribution in [2.45, 2.75) is 0 Å². The van der Waals surface area contributed by atoms with Crippen molar-refractivity contribution >= 4 is 28.2 Å². The number of carbonyl (C=O) groups is 1. The van der Waals surface area contributed by atoms with Gasteiger partial charge in [0.05, 0.1) is 23.1 Å². The second-order valence-corrected chi connectivity index (χ2v) is 4.94. The SMILES string of the molecule is C=CCNC(=O)c1ccc(Nc2cccc3cccnc23)cn1. The minimum atomic E-state index is -0.219. The Morgan fingerprint density at radius 1 is 1.13 bits per heavy atom. The highest BCUT2D eigenvalue weighted by atomic mass is 16.1. The van der Waals surface area contributed by atoms with E-state index in [1.54, 1.807) is 24.5 Å². The molecule has 0 atom stereocenters. The van der Waals surface area contributed by atoms with Crippen LogP contribution in [0.3, 0.4) is 0 Å². The number of pyridine rings is 2. The van der Waals surface area contributed by atoms with Crippen LogP contribution >= 0.6 is 0 Å². The van der Waals surface area contributed by atoms with Crippen LogP contribution in [-0.2, 0) is 0 Å². The first-order valence-electron chi connectivity index (χ1n) is 7.24. The lowest BCUT2D eigenvalue weighted by molar-refractivity contribution is 0.0953. The molecule has 23 heavy (non-hydrogen) atoms. The van der Waals surface area contributed by atoms with E-state index in [0.29, 0.717) is 12.2 Å². The average Bonchev–Trinajstić information content (AvgIpc) is 2.60. The number of fused-ring (bicyclic) bond motifs is 1. The third-order valence-electron chi connectivity index (χ3n) is 3.31. The van der Waals surface area contributed by atoms with E-state index in [1.807, 2.05) is 36.4 Å². The average molecular weight is 304 g/mol. The van der Waals surface area contributed by atoms with Crippen LogP contribution in [0.4, 0.5) is 11.4 Å². The van der Waals surface area contributed by atoms with Crippen molar-refractivity contribution in [3.8, 4) is 0 Å². The summed E-state index contributed by atoms with van der Waals surface area (Å²) in [5, 5.41) is 7.04. The molecule has 0 bridgehead atoms. The van der Waals surface area contributed by atoms with E-state index < -0.39 is 0 Å². The predicted octanol–water partition coefficient (Wildman–Crippen LogP) is 3.29. The third-order valence-corrected chi connectivity index (χ3v) is 3.31. The minimum Gasteiger partial charge on any atom is -0.352 e. The van der Waals surface area contributed by atoms with Gasteiger partial charge in [-0.05, 0) is 24.3 Å². The largest absolute Gasteiger partial charge is 0.352 e. The molecule has 5 heteroatoms. The number of benzene rings is 1. The molecule has 2 N–H and O–H groups in total. The fraction of sp³-hybridized carbons (Fsp3) is 0.0556. The van der Waals surface area contributed by atoms with E-state index in [0.717, 1.165) is 22.3 Å². The topological polar surface area (TPSA) is 66.9 Å². The van der Waals surface area contributed by atoms with Gasteiger partial charge >= 0.3 is 0 Å². The van der Waals surface area contributed by atoms with Gasteiger partial charge in [0.2, 0.25) is 0 Å². The van der Waals surface area contributed by atoms with Gasteiger partial charge in [0.15, 0.2) is 0 Å². The van der Waals surface area contributed by atoms with E-state index >= 15 is 0 Å². The van der Waals surface area contributed by atoms with Gasteiger partial charge in [-0.15, -0.1) is 6.58 Å². The number of carbonyl (C=O) groups excluding carboxylic acids is 1. The van der Waals surface area contributed by atoms with Crippen LogP contribution in [0.15, 0.2) is 67.5 Å². The maximum atomic E-state index is 11.8. The molecule has 0 aliphatic heterocycles. The molecule has 3 rings (SSSR count). The summed E-state index contributed by atoms with van der Waals surface area (Å²) in [5.74, 6) is -0.219. The Labute approximate surface area is 134 Å². The number of rotatable bonds is 5. The maximum Gasteiger partial charge on any atom is 0.270 e. The summed E-state index contributed by atoms with van der Waals surface area (Å²) in [6.07, 6.45) is 5.02. The normalized spacial score (nSPS) is 10.3. The van der Waals surface area contributed by atoms with Gasteiger partial charge in [-0.1, -0.05) is 24.3 Å². The van der Waals surface area contributed by atoms with Crippen molar-refractivity contribution in [2.24, 2.45) is 0 Å². The zero-order valence-corrected chi connectivity index (χ0v) is 12.5. The highest BCUT2D eigenvalue weighted by Crippen LogP contribution is 2.24. The molecule has 1 aromatic carbocycles. The molecule has 0 spiro atoms. The van der Waals surface area contributed by atoms with Crippen molar-refractivity contribution in [2.75, 3.05) is 11.9 Å². The zero-order chi connectivity index (χ0) is 16.1. The predicted molar refractivity (Wildman–Crippen MR) is 91.8 cm³/mol. The Bertz CT molecular complexity index is 838. The number of hydrogen-bond acceptors (Lipinski definition) is 4. The molecule has 0 radical (unpaired) electrons. The van der Waals surface area contributed by atoms with E-state index in [4.69, 9.17) is 0 Å². The molecule has 0 fully saturated rings. The van der Waals surface area contributed by atoms with E-state index in [2.05, 4.69) is 27.2 Å². The van der Waals surface area contributed by atoms with Crippen LogP contribution in [0, 0.1) is 0 Å². The molecule has 2 aromatic heterocycles. The summed E-state index contributed by atoms with van der Waals surface area (Å²) >= 11 is 0. The Kier molecular flexibility index (Phi) is 4.29. The first-order chi connectivity index (χ1) is 11.3. The van der Waals surface area contributed by atoms with Crippen LogP contribution in [0.25, 0.3) is 10.9 Å². The van der Waals surface area contributed by atoms with Gasteiger partial charge in [-0.3, -0.25) is 9.78 Å². The summed E-state index contributed by atoms with van der Waals surface area (Å²) < 4.78 is 0. The lowest BCUT2D eigenvalue weighted by Gasteiger charge is -2.09. The molecule has 114 valence electrons. The molecule has 3 aromatic rings. The van der Waals surface area contributed by atoms with E-state index in [1.165, 1.54) is 0 Å². The number of aromatic nitrogens is 2. The van der Waals surface area contributed by atoms with Crippen LogP contribution in [0.1, 0.15) is 10.5 Å². The van der Waals surface area contributed by atoms with Crippen molar-refractivity contribution in [1.82, 2.24) is 15.3 Å². The summed E-state index contributed by atoms with van der Waals surface area (Å²) in [4.78, 5) is 20.4. The van der Waals surface area contributed by atoms with Crippen LogP contribution in [-0.4, -0.2) is 22.4 Å². The van der Waals surface area contributed by atoms with Gasteiger partial charge in [0.1, 0.15) is 5.69 Å². The van der Waals surface area contributed by atoms with Gasteiger partial charge in [0, 0.05) is 18.1 Å². The Hall–Kier alpha value is -3.21. The van der Waals surface area contributed by atoms with Crippen molar-refractivity contribution in [1.29, 1.82) is 0 Å². The van der Waals surface area contributed by atoms with Crippen LogP contribution in [0.5, 0.6) is 0 Å². The van der Waals surface area contributed by atoms with Gasteiger partial charge in [0.25, 0.3) is 5.91 Å². The summed E-state index contributed by atoms with van der Waals surface area (Å²) in [7, 11) is 0. The number of nitrogens with zero attached hydrogens (tertiary/aromatic N) is 2. The highest BCUT2D eigenvalue weighted by molar-refractivity contribution is 5.93. The Morgan fingerprint density at radius 2 is 2.00 bits per heavy atom. The molecule has 0 saturated heterocycles. The van der Waals surface area contributed by atoms with Gasteiger partial charge < -0.3 is 10.6 Å². The monoisotopic (exact) mass is 304 g/mol. The maximum absolute atomic E-state index is 11.8. The van der Waals surface area contributed by atoms with Crippen LogP contribution in [0.2, 0.25) is 0 Å². The number of amides is 1. The zero-order valence-electron chi connectivity index (χ0n) is 12.5. The molecule has 0 aliphatic rings. The highest BCUT2D eigenvalue weighted by Gasteiger charge is 2.06. The molecule has 5 nitrogen and oxygen atoms in total. The lowest BCUT2D eigenvalue weighted by Crippen LogP contribution is -2.24. The van der Waals surface area contributed by atoms with Gasteiger partial charge in [-0.2, -0.15) is 0 Å². The number of para-hydroxylation sites is 1. The lowest BCUT2D eigenvalue weighted by atomic mass is 10.2. The molecular formula is C18H16N4O. The Morgan fingerprint density at radius 3 is 2.78 bits per heavy atom. The fourth-order valence-electron chi connectivity index (χ4n) is 2.22.